The van der Waals surface area contributed by atoms with Gasteiger partial charge >= 0.3 is 0 Å². The Morgan fingerprint density at radius 1 is 0.915 bits per heavy atom. The van der Waals surface area contributed by atoms with Crippen molar-refractivity contribution in [2.45, 2.75) is 97.9 Å². The molecule has 0 spiro atoms. The zero-order valence-corrected chi connectivity index (χ0v) is 37.4. The summed E-state index contributed by atoms with van der Waals surface area (Å²) in [6.45, 7) is 8.62. The highest BCUT2D eigenvalue weighted by atomic mass is 35.5. The number of aryl methyl sites for hydroxylation is 1. The number of anilines is 2. The van der Waals surface area contributed by atoms with Gasteiger partial charge in [-0.2, -0.15) is 0 Å². The molecule has 0 unspecified atom stereocenters. The van der Waals surface area contributed by atoms with E-state index in [9.17, 15) is 18.0 Å². The number of nitrogens with one attached hydrogen (secondary N) is 2. The van der Waals surface area contributed by atoms with Gasteiger partial charge in [0, 0.05) is 50.1 Å². The second kappa shape index (κ2) is 24.3. The average Bonchev–Trinajstić information content (AvgIpc) is 3.20. The van der Waals surface area contributed by atoms with Gasteiger partial charge in [-0.25, -0.2) is 23.1 Å². The Morgan fingerprint density at radius 3 is 2.25 bits per heavy atom. The molecule has 4 aromatic rings. The first-order valence-corrected chi connectivity index (χ1v) is 23.3. The van der Waals surface area contributed by atoms with Crippen molar-refractivity contribution in [3.8, 4) is 5.75 Å². The molecule has 59 heavy (non-hydrogen) atoms. The van der Waals surface area contributed by atoms with Crippen LogP contribution in [-0.4, -0.2) is 75.8 Å². The molecule has 0 bridgehead atoms. The number of aliphatic imine (C=N–C) groups is 1. The van der Waals surface area contributed by atoms with E-state index in [1.54, 1.807) is 30.3 Å². The van der Waals surface area contributed by atoms with E-state index in [0.717, 1.165) is 30.3 Å². The minimum atomic E-state index is -3.34. The Bertz CT molecular complexity index is 2200. The molecular formula is C44H60Cl2N6O6S. The second-order valence-electron chi connectivity index (χ2n) is 14.7. The Balaban J connectivity index is 1.65. The SMILES string of the molecule is CCCCCCCCCCCCOCCCn1c(C(=Nc2ccc(N(CC)CCNS(C)(=O)=O)cc2C)C(=O)Nc2ccccc2OC)nc2c(Cl)cc(Cl)cc2c1=O. The summed E-state index contributed by atoms with van der Waals surface area (Å²) in [4.78, 5) is 40.6. The fourth-order valence-electron chi connectivity index (χ4n) is 6.81. The number of carbonyl (C=O) groups is 1. The van der Waals surface area contributed by atoms with Gasteiger partial charge in [0.1, 0.15) is 5.75 Å². The topological polar surface area (TPSA) is 144 Å². The van der Waals surface area contributed by atoms with Gasteiger partial charge < -0.3 is 19.7 Å². The number of carbonyl (C=O) groups excluding carboxylic acids is 1. The Hall–Kier alpha value is -4.01. The van der Waals surface area contributed by atoms with E-state index >= 15 is 0 Å². The van der Waals surface area contributed by atoms with Crippen LogP contribution in [0.5, 0.6) is 5.75 Å². The first-order chi connectivity index (χ1) is 28.4. The first-order valence-electron chi connectivity index (χ1n) is 20.7. The van der Waals surface area contributed by atoms with Crippen LogP contribution < -0.4 is 25.2 Å². The maximum atomic E-state index is 14.5. The number of fused-ring (bicyclic) bond motifs is 1. The molecule has 4 rings (SSSR count). The van der Waals surface area contributed by atoms with E-state index in [-0.39, 0.29) is 45.6 Å². The number of unbranched alkanes of at least 4 members (excludes halogenated alkanes) is 9. The van der Waals surface area contributed by atoms with Crippen molar-refractivity contribution in [2.75, 3.05) is 56.4 Å². The summed E-state index contributed by atoms with van der Waals surface area (Å²) in [5, 5.41) is 3.58. The summed E-state index contributed by atoms with van der Waals surface area (Å²) >= 11 is 13.0. The number of amides is 1. The van der Waals surface area contributed by atoms with Crippen molar-refractivity contribution in [1.29, 1.82) is 0 Å². The summed E-state index contributed by atoms with van der Waals surface area (Å²) in [6, 6.07) is 15.6. The summed E-state index contributed by atoms with van der Waals surface area (Å²) in [7, 11) is -1.83. The molecule has 0 aliphatic rings. The van der Waals surface area contributed by atoms with E-state index in [1.807, 2.05) is 30.9 Å². The highest BCUT2D eigenvalue weighted by Gasteiger charge is 2.25. The Morgan fingerprint density at radius 2 is 1.59 bits per heavy atom. The highest BCUT2D eigenvalue weighted by molar-refractivity contribution is 7.88. The predicted molar refractivity (Wildman–Crippen MR) is 243 cm³/mol. The van der Waals surface area contributed by atoms with E-state index < -0.39 is 21.5 Å². The van der Waals surface area contributed by atoms with Crippen LogP contribution in [0.4, 0.5) is 17.1 Å². The highest BCUT2D eigenvalue weighted by Crippen LogP contribution is 2.29. The molecule has 1 aromatic heterocycles. The van der Waals surface area contributed by atoms with Crippen molar-refractivity contribution < 1.29 is 22.7 Å². The second-order valence-corrected chi connectivity index (χ2v) is 17.3. The molecule has 3 aromatic carbocycles. The van der Waals surface area contributed by atoms with Gasteiger partial charge in [0.05, 0.1) is 40.7 Å². The molecule has 322 valence electrons. The monoisotopic (exact) mass is 870 g/mol. The molecule has 2 N–H and O–H groups in total. The van der Waals surface area contributed by atoms with Gasteiger partial charge in [-0.15, -0.1) is 0 Å². The maximum Gasteiger partial charge on any atom is 0.278 e. The van der Waals surface area contributed by atoms with Gasteiger partial charge in [-0.1, -0.05) is 100 Å². The first kappa shape index (κ1) is 47.7. The van der Waals surface area contributed by atoms with Gasteiger partial charge in [-0.3, -0.25) is 14.2 Å². The third kappa shape index (κ3) is 14.9. The molecule has 12 nitrogen and oxygen atoms in total. The lowest BCUT2D eigenvalue weighted by molar-refractivity contribution is -0.110. The third-order valence-electron chi connectivity index (χ3n) is 9.98. The van der Waals surface area contributed by atoms with Crippen molar-refractivity contribution >= 4 is 72.8 Å². The van der Waals surface area contributed by atoms with Crippen LogP contribution in [0.3, 0.4) is 0 Å². The van der Waals surface area contributed by atoms with Crippen LogP contribution in [0.25, 0.3) is 10.9 Å². The van der Waals surface area contributed by atoms with Gasteiger partial charge in [-0.05, 0) is 74.7 Å². The van der Waals surface area contributed by atoms with Crippen LogP contribution >= 0.6 is 23.2 Å². The molecule has 0 saturated heterocycles. The van der Waals surface area contributed by atoms with Crippen molar-refractivity contribution in [2.24, 2.45) is 4.99 Å². The number of methoxy groups -OCH3 is 1. The van der Waals surface area contributed by atoms with Crippen molar-refractivity contribution in [1.82, 2.24) is 14.3 Å². The standard InChI is InChI=1S/C44H60Cl2N6O6S/c1-6-8-9-10-11-12-13-14-15-18-27-58-28-19-25-52-42(50-40-35(44(52)54)30-33(45)31-36(40)46)41(43(53)49-38-20-16-17-21-39(38)57-4)48-37-23-22-34(29-32(37)3)51(7-2)26-24-47-59(5,55)56/h16-17,20-23,29-31,47H,6-15,18-19,24-28H2,1-5H3,(H,49,53). The van der Waals surface area contributed by atoms with Crippen LogP contribution in [0.15, 0.2) is 64.4 Å². The molecule has 0 radical (unpaired) electrons. The van der Waals surface area contributed by atoms with Crippen LogP contribution in [0.1, 0.15) is 95.9 Å². The number of hydrogen-bond acceptors (Lipinski definition) is 9. The van der Waals surface area contributed by atoms with Crippen molar-refractivity contribution in [3.63, 3.8) is 0 Å². The molecule has 1 heterocycles. The minimum absolute atomic E-state index is 0.0272. The number of halogens is 2. The summed E-state index contributed by atoms with van der Waals surface area (Å²) in [5.41, 5.74) is 2.10. The molecule has 0 aliphatic heterocycles. The number of hydrogen-bond donors (Lipinski definition) is 2. The number of nitrogens with zero attached hydrogens (tertiary/aromatic N) is 4. The maximum absolute atomic E-state index is 14.5. The van der Waals surface area contributed by atoms with Crippen LogP contribution in [0, 0.1) is 6.92 Å². The van der Waals surface area contributed by atoms with E-state index in [1.165, 1.54) is 75.2 Å². The number of ether oxygens (including phenoxy) is 2. The van der Waals surface area contributed by atoms with Gasteiger partial charge in [0.2, 0.25) is 10.0 Å². The molecular weight excluding hydrogens is 811 g/mol. The van der Waals surface area contributed by atoms with Crippen LogP contribution in [0.2, 0.25) is 10.0 Å². The average molecular weight is 872 g/mol. The minimum Gasteiger partial charge on any atom is -0.495 e. The lowest BCUT2D eigenvalue weighted by Crippen LogP contribution is -2.34. The zero-order chi connectivity index (χ0) is 42.8. The molecule has 0 saturated carbocycles. The molecule has 0 aliphatic carbocycles. The normalized spacial score (nSPS) is 11.9. The summed E-state index contributed by atoms with van der Waals surface area (Å²) < 4.78 is 38.8. The van der Waals surface area contributed by atoms with Gasteiger partial charge in [0.25, 0.3) is 11.5 Å². The lowest BCUT2D eigenvalue weighted by Gasteiger charge is -2.24. The van der Waals surface area contributed by atoms with E-state index in [4.69, 9.17) is 42.7 Å². The van der Waals surface area contributed by atoms with Gasteiger partial charge in [0.15, 0.2) is 11.5 Å². The van der Waals surface area contributed by atoms with E-state index in [2.05, 4.69) is 17.0 Å². The summed E-state index contributed by atoms with van der Waals surface area (Å²) in [6.07, 6.45) is 14.0. The molecule has 15 heteroatoms. The molecule has 1 amide bonds. The number of rotatable bonds is 26. The number of likely N-dealkylation sites (N-methyl/N-ethyl adjacent to an activating group) is 1. The predicted octanol–water partition coefficient (Wildman–Crippen LogP) is 9.48. The number of aromatic nitrogens is 2. The molecule has 0 fully saturated rings. The number of para-hydroxylation sites is 2. The number of benzene rings is 3. The fraction of sp³-hybridized carbons (Fsp3) is 0.500. The zero-order valence-electron chi connectivity index (χ0n) is 35.1. The fourth-order valence-corrected chi connectivity index (χ4v) is 7.80. The largest absolute Gasteiger partial charge is 0.495 e. The molecule has 0 atom stereocenters. The Kier molecular flexibility index (Phi) is 19.6. The quantitative estimate of drug-likeness (QED) is 0.0469. The smallest absolute Gasteiger partial charge is 0.278 e. The van der Waals surface area contributed by atoms with Crippen molar-refractivity contribution in [3.05, 3.63) is 86.4 Å². The van der Waals surface area contributed by atoms with E-state index in [0.29, 0.717) is 49.8 Å². The lowest BCUT2D eigenvalue weighted by atomic mass is 10.1. The van der Waals surface area contributed by atoms with Crippen LogP contribution in [-0.2, 0) is 26.1 Å². The summed E-state index contributed by atoms with van der Waals surface area (Å²) in [5.74, 6) is -0.159. The third-order valence-corrected chi connectivity index (χ3v) is 11.2. The number of sulfonamides is 1. The Labute approximate surface area is 359 Å².